The van der Waals surface area contributed by atoms with Gasteiger partial charge in [0.05, 0.1) is 6.61 Å². The number of hydrogen-bond donors (Lipinski definition) is 0. The van der Waals surface area contributed by atoms with Gasteiger partial charge in [0.15, 0.2) is 0 Å². The van der Waals surface area contributed by atoms with Crippen LogP contribution in [0.5, 0.6) is 5.75 Å². The van der Waals surface area contributed by atoms with E-state index in [0.29, 0.717) is 24.7 Å². The topological polar surface area (TPSA) is 26.3 Å². The lowest BCUT2D eigenvalue weighted by molar-refractivity contribution is -0.121. The van der Waals surface area contributed by atoms with Gasteiger partial charge in [0.1, 0.15) is 11.5 Å². The van der Waals surface area contributed by atoms with Crippen LogP contribution in [0.1, 0.15) is 51.0 Å². The van der Waals surface area contributed by atoms with Crippen molar-refractivity contribution in [1.82, 2.24) is 0 Å². The fourth-order valence-electron chi connectivity index (χ4n) is 2.54. The summed E-state index contributed by atoms with van der Waals surface area (Å²) in [5, 5.41) is 0. The van der Waals surface area contributed by atoms with E-state index in [1.807, 2.05) is 24.3 Å². The number of ether oxygens (including phenoxy) is 1. The van der Waals surface area contributed by atoms with E-state index in [-0.39, 0.29) is 5.92 Å². The first kappa shape index (κ1) is 13.1. The lowest BCUT2D eigenvalue weighted by Crippen LogP contribution is -2.21. The van der Waals surface area contributed by atoms with Gasteiger partial charge in [-0.1, -0.05) is 38.5 Å². The van der Waals surface area contributed by atoms with Gasteiger partial charge >= 0.3 is 0 Å². The first-order chi connectivity index (χ1) is 8.68. The third-order valence-corrected chi connectivity index (χ3v) is 3.55. The number of rotatable bonds is 5. The first-order valence-corrected chi connectivity index (χ1v) is 6.93. The van der Waals surface area contributed by atoms with Gasteiger partial charge in [-0.3, -0.25) is 4.79 Å². The Kier molecular flexibility index (Phi) is 4.40. The van der Waals surface area contributed by atoms with Crippen molar-refractivity contribution in [3.8, 4) is 5.75 Å². The number of ketones is 1. The molecule has 0 N–H and O–H groups in total. The van der Waals surface area contributed by atoms with Gasteiger partial charge in [0.2, 0.25) is 0 Å². The van der Waals surface area contributed by atoms with Gasteiger partial charge in [-0.05, 0) is 24.8 Å². The highest BCUT2D eigenvalue weighted by molar-refractivity contribution is 5.86. The molecule has 1 heterocycles. The Hall–Kier alpha value is -1.31. The summed E-state index contributed by atoms with van der Waals surface area (Å²) in [7, 11) is 0. The standard InChI is InChI=1S/C16H22O2/c1-12(2)6-5-8-15(17)13-10-11-18-16-9-4-3-7-14(13)16/h3-4,7,9,12-13H,5-6,8,10-11H2,1-2H3. The molecule has 2 rings (SSSR count). The summed E-state index contributed by atoms with van der Waals surface area (Å²) in [5.74, 6) is 2.01. The molecule has 0 spiro atoms. The van der Waals surface area contributed by atoms with E-state index in [4.69, 9.17) is 4.74 Å². The van der Waals surface area contributed by atoms with E-state index in [1.165, 1.54) is 0 Å². The monoisotopic (exact) mass is 246 g/mol. The molecule has 0 saturated heterocycles. The molecule has 0 aliphatic carbocycles. The average molecular weight is 246 g/mol. The van der Waals surface area contributed by atoms with E-state index in [9.17, 15) is 4.79 Å². The van der Waals surface area contributed by atoms with Crippen LogP contribution in [0.3, 0.4) is 0 Å². The molecule has 0 amide bonds. The summed E-state index contributed by atoms with van der Waals surface area (Å²) in [6, 6.07) is 7.94. The Balaban J connectivity index is 1.99. The van der Waals surface area contributed by atoms with Crippen molar-refractivity contribution in [1.29, 1.82) is 0 Å². The predicted molar refractivity (Wildman–Crippen MR) is 73.0 cm³/mol. The van der Waals surface area contributed by atoms with Crippen molar-refractivity contribution >= 4 is 5.78 Å². The smallest absolute Gasteiger partial charge is 0.140 e. The van der Waals surface area contributed by atoms with E-state index in [1.54, 1.807) is 0 Å². The van der Waals surface area contributed by atoms with Crippen LogP contribution in [0.2, 0.25) is 0 Å². The second-order valence-corrected chi connectivity index (χ2v) is 5.48. The molecule has 0 saturated carbocycles. The van der Waals surface area contributed by atoms with Gasteiger partial charge in [-0.15, -0.1) is 0 Å². The van der Waals surface area contributed by atoms with Crippen molar-refractivity contribution in [2.45, 2.75) is 45.4 Å². The number of hydrogen-bond acceptors (Lipinski definition) is 2. The molecule has 1 aliphatic heterocycles. The largest absolute Gasteiger partial charge is 0.493 e. The number of benzene rings is 1. The molecule has 18 heavy (non-hydrogen) atoms. The second-order valence-electron chi connectivity index (χ2n) is 5.48. The molecule has 1 aromatic rings. The van der Waals surface area contributed by atoms with Gasteiger partial charge in [-0.2, -0.15) is 0 Å². The molecule has 0 aromatic heterocycles. The number of carbonyl (C=O) groups excluding carboxylic acids is 1. The normalized spacial score (nSPS) is 18.3. The second kappa shape index (κ2) is 6.03. The van der Waals surface area contributed by atoms with Crippen molar-refractivity contribution < 1.29 is 9.53 Å². The molecule has 1 aliphatic rings. The van der Waals surface area contributed by atoms with Crippen molar-refractivity contribution in [2.75, 3.05) is 6.61 Å². The maximum Gasteiger partial charge on any atom is 0.140 e. The SMILES string of the molecule is CC(C)CCCC(=O)C1CCOc2ccccc21. The zero-order valence-corrected chi connectivity index (χ0v) is 11.3. The third kappa shape index (κ3) is 3.12. The molecular formula is C16H22O2. The molecule has 0 fully saturated rings. The Morgan fingerprint density at radius 1 is 1.39 bits per heavy atom. The molecule has 0 bridgehead atoms. The molecule has 1 unspecified atom stereocenters. The predicted octanol–water partition coefficient (Wildman–Crippen LogP) is 3.95. The minimum absolute atomic E-state index is 0.0575. The summed E-state index contributed by atoms with van der Waals surface area (Å²) >= 11 is 0. The molecule has 2 heteroatoms. The number of carbonyl (C=O) groups is 1. The molecule has 0 radical (unpaired) electrons. The van der Waals surface area contributed by atoms with Crippen LogP contribution in [-0.2, 0) is 4.79 Å². The lowest BCUT2D eigenvalue weighted by Gasteiger charge is -2.24. The maximum absolute atomic E-state index is 12.3. The van der Waals surface area contributed by atoms with Crippen LogP contribution in [0.4, 0.5) is 0 Å². The zero-order valence-electron chi connectivity index (χ0n) is 11.3. The highest BCUT2D eigenvalue weighted by Crippen LogP contribution is 2.34. The van der Waals surface area contributed by atoms with Crippen molar-refractivity contribution in [3.63, 3.8) is 0 Å². The number of para-hydroxylation sites is 1. The van der Waals surface area contributed by atoms with E-state index < -0.39 is 0 Å². The summed E-state index contributed by atoms with van der Waals surface area (Å²) in [5.41, 5.74) is 1.08. The van der Waals surface area contributed by atoms with Gasteiger partial charge in [0, 0.05) is 17.9 Å². The van der Waals surface area contributed by atoms with Crippen LogP contribution in [0, 0.1) is 5.92 Å². The number of Topliss-reactive ketones (excluding diaryl/α,β-unsaturated/α-hetero) is 1. The molecule has 2 nitrogen and oxygen atoms in total. The highest BCUT2D eigenvalue weighted by Gasteiger charge is 2.26. The Bertz CT molecular complexity index is 409. The lowest BCUT2D eigenvalue weighted by atomic mass is 9.87. The summed E-state index contributed by atoms with van der Waals surface area (Å²) in [6.07, 6.45) is 3.68. The van der Waals surface area contributed by atoms with Crippen molar-refractivity contribution in [2.24, 2.45) is 5.92 Å². The summed E-state index contributed by atoms with van der Waals surface area (Å²) in [6.45, 7) is 5.07. The fourth-order valence-corrected chi connectivity index (χ4v) is 2.54. The maximum atomic E-state index is 12.3. The fraction of sp³-hybridized carbons (Fsp3) is 0.562. The van der Waals surface area contributed by atoms with E-state index in [0.717, 1.165) is 30.6 Å². The Labute approximate surface area is 109 Å². The minimum atomic E-state index is 0.0575. The summed E-state index contributed by atoms with van der Waals surface area (Å²) in [4.78, 5) is 12.3. The van der Waals surface area contributed by atoms with Crippen LogP contribution < -0.4 is 4.74 Å². The van der Waals surface area contributed by atoms with Gasteiger partial charge in [0.25, 0.3) is 0 Å². The first-order valence-electron chi connectivity index (χ1n) is 6.93. The zero-order chi connectivity index (χ0) is 13.0. The third-order valence-electron chi connectivity index (χ3n) is 3.55. The molecule has 1 atom stereocenters. The van der Waals surface area contributed by atoms with E-state index in [2.05, 4.69) is 13.8 Å². The van der Waals surface area contributed by atoms with Crippen LogP contribution in [0.15, 0.2) is 24.3 Å². The van der Waals surface area contributed by atoms with E-state index >= 15 is 0 Å². The molecule has 98 valence electrons. The molecule has 1 aromatic carbocycles. The van der Waals surface area contributed by atoms with Crippen molar-refractivity contribution in [3.05, 3.63) is 29.8 Å². The molecular weight excluding hydrogens is 224 g/mol. The highest BCUT2D eigenvalue weighted by atomic mass is 16.5. The number of fused-ring (bicyclic) bond motifs is 1. The quantitative estimate of drug-likeness (QED) is 0.786. The Morgan fingerprint density at radius 2 is 2.17 bits per heavy atom. The van der Waals surface area contributed by atoms with Crippen LogP contribution >= 0.6 is 0 Å². The van der Waals surface area contributed by atoms with Gasteiger partial charge in [-0.25, -0.2) is 0 Å². The summed E-state index contributed by atoms with van der Waals surface area (Å²) < 4.78 is 5.59. The average Bonchev–Trinajstić information content (AvgIpc) is 2.37. The van der Waals surface area contributed by atoms with Crippen LogP contribution in [-0.4, -0.2) is 12.4 Å². The van der Waals surface area contributed by atoms with Gasteiger partial charge < -0.3 is 4.74 Å². The minimum Gasteiger partial charge on any atom is -0.493 e. The van der Waals surface area contributed by atoms with Crippen LogP contribution in [0.25, 0.3) is 0 Å². The Morgan fingerprint density at radius 3 is 2.94 bits per heavy atom.